The topological polar surface area (TPSA) is 73.4 Å². The van der Waals surface area contributed by atoms with Crippen molar-refractivity contribution in [3.8, 4) is 0 Å². The summed E-state index contributed by atoms with van der Waals surface area (Å²) in [5, 5.41) is 9.39. The van der Waals surface area contributed by atoms with Gasteiger partial charge < -0.3 is 14.1 Å². The monoisotopic (exact) mass is 376 g/mol. The van der Waals surface area contributed by atoms with Gasteiger partial charge in [-0.3, -0.25) is 9.36 Å². The van der Waals surface area contributed by atoms with Gasteiger partial charge in [0, 0.05) is 19.5 Å². The van der Waals surface area contributed by atoms with Gasteiger partial charge >= 0.3 is 5.97 Å². The molecule has 0 aromatic carbocycles. The molecule has 2 fully saturated rings. The van der Waals surface area contributed by atoms with Gasteiger partial charge in [0.25, 0.3) is 0 Å². The fourth-order valence-corrected chi connectivity index (χ4v) is 4.75. The maximum atomic E-state index is 12.0. The summed E-state index contributed by atoms with van der Waals surface area (Å²) in [6.45, 7) is 6.70. The van der Waals surface area contributed by atoms with E-state index in [1.807, 2.05) is 19.1 Å². The van der Waals surface area contributed by atoms with Crippen LogP contribution in [0.15, 0.2) is 28.0 Å². The Bertz CT molecular complexity index is 761. The van der Waals surface area contributed by atoms with Gasteiger partial charge in [-0.25, -0.2) is 0 Å². The van der Waals surface area contributed by atoms with Crippen molar-refractivity contribution in [1.82, 2.24) is 14.8 Å². The lowest BCUT2D eigenvalue weighted by Crippen LogP contribution is -2.36. The number of anilines is 1. The van der Waals surface area contributed by atoms with E-state index in [9.17, 15) is 4.79 Å². The molecular weight excluding hydrogens is 352 g/mol. The van der Waals surface area contributed by atoms with Gasteiger partial charge in [0.2, 0.25) is 5.95 Å². The van der Waals surface area contributed by atoms with E-state index in [4.69, 9.17) is 9.15 Å². The molecule has 0 spiro atoms. The predicted molar refractivity (Wildman–Crippen MR) is 98.3 cm³/mol. The third kappa shape index (κ3) is 3.60. The van der Waals surface area contributed by atoms with Gasteiger partial charge in [0.1, 0.15) is 17.1 Å². The van der Waals surface area contributed by atoms with E-state index >= 15 is 0 Å². The van der Waals surface area contributed by atoms with Crippen molar-refractivity contribution in [3.63, 3.8) is 0 Å². The maximum Gasteiger partial charge on any atom is 0.319 e. The fourth-order valence-electron chi connectivity index (χ4n) is 3.61. The van der Waals surface area contributed by atoms with Gasteiger partial charge in [-0.15, -0.1) is 10.2 Å². The molecule has 3 atom stereocenters. The molecule has 140 valence electrons. The van der Waals surface area contributed by atoms with Gasteiger partial charge in [-0.05, 0) is 37.8 Å². The van der Waals surface area contributed by atoms with Crippen molar-refractivity contribution < 1.29 is 13.9 Å². The molecule has 0 N–H and O–H groups in total. The number of nitrogens with zero attached hydrogens (tertiary/aromatic N) is 4. The maximum absolute atomic E-state index is 12.0. The summed E-state index contributed by atoms with van der Waals surface area (Å²) in [6, 6.07) is 3.83. The third-order valence-corrected chi connectivity index (χ3v) is 6.09. The summed E-state index contributed by atoms with van der Waals surface area (Å²) >= 11 is 1.44. The van der Waals surface area contributed by atoms with E-state index in [-0.39, 0.29) is 17.3 Å². The largest absolute Gasteiger partial charge is 0.467 e. The first-order chi connectivity index (χ1) is 12.6. The summed E-state index contributed by atoms with van der Waals surface area (Å²) in [5.74, 6) is 2.18. The van der Waals surface area contributed by atoms with Gasteiger partial charge in [0.05, 0.1) is 12.8 Å². The van der Waals surface area contributed by atoms with Crippen LogP contribution in [0.5, 0.6) is 0 Å². The highest BCUT2D eigenvalue weighted by Gasteiger charge is 2.35. The van der Waals surface area contributed by atoms with Crippen molar-refractivity contribution in [2.45, 2.75) is 56.2 Å². The van der Waals surface area contributed by atoms with Crippen LogP contribution in [0.4, 0.5) is 5.95 Å². The molecule has 2 aliphatic heterocycles. The second-order valence-corrected chi connectivity index (χ2v) is 8.40. The van der Waals surface area contributed by atoms with Crippen LogP contribution in [0.3, 0.4) is 0 Å². The number of piperidine rings is 1. The van der Waals surface area contributed by atoms with Crippen molar-refractivity contribution in [3.05, 3.63) is 24.2 Å². The summed E-state index contributed by atoms with van der Waals surface area (Å²) in [6.07, 6.45) is 4.74. The van der Waals surface area contributed by atoms with Gasteiger partial charge in [-0.2, -0.15) is 0 Å². The molecule has 4 heterocycles. The number of furan rings is 1. The number of carbonyl (C=O) groups excluding carboxylic acids is 1. The van der Waals surface area contributed by atoms with Gasteiger partial charge in [-0.1, -0.05) is 18.7 Å². The van der Waals surface area contributed by atoms with Crippen LogP contribution >= 0.6 is 11.8 Å². The number of cyclic esters (lactones) is 1. The molecule has 0 bridgehead atoms. The highest BCUT2D eigenvalue weighted by Crippen LogP contribution is 2.34. The van der Waals surface area contributed by atoms with Crippen molar-refractivity contribution >= 4 is 23.7 Å². The predicted octanol–water partition coefficient (Wildman–Crippen LogP) is 2.95. The Morgan fingerprint density at radius 3 is 2.92 bits per heavy atom. The molecule has 2 saturated heterocycles. The summed E-state index contributed by atoms with van der Waals surface area (Å²) < 4.78 is 12.9. The van der Waals surface area contributed by atoms with E-state index < -0.39 is 0 Å². The Morgan fingerprint density at radius 1 is 1.35 bits per heavy atom. The third-order valence-electron chi connectivity index (χ3n) is 4.91. The minimum atomic E-state index is -0.224. The minimum absolute atomic E-state index is 0.0381. The molecule has 3 unspecified atom stereocenters. The Balaban J connectivity index is 1.61. The average Bonchev–Trinajstić information content (AvgIpc) is 3.31. The highest BCUT2D eigenvalue weighted by molar-refractivity contribution is 8.00. The number of rotatable bonds is 5. The first kappa shape index (κ1) is 17.5. The first-order valence-electron chi connectivity index (χ1n) is 9.18. The van der Waals surface area contributed by atoms with Crippen LogP contribution < -0.4 is 4.90 Å². The van der Waals surface area contributed by atoms with E-state index in [0.29, 0.717) is 18.9 Å². The molecular formula is C18H24N4O3S. The van der Waals surface area contributed by atoms with E-state index in [1.165, 1.54) is 18.2 Å². The Hall–Kier alpha value is -1.96. The number of carbonyl (C=O) groups is 1. The number of thioether (sulfide) groups is 1. The van der Waals surface area contributed by atoms with Crippen LogP contribution in [0.1, 0.15) is 38.9 Å². The molecule has 8 heteroatoms. The molecule has 2 aliphatic rings. The van der Waals surface area contributed by atoms with Crippen molar-refractivity contribution in [1.29, 1.82) is 0 Å². The number of ether oxygens (including phenoxy) is 1. The molecule has 0 amide bonds. The first-order valence-corrected chi connectivity index (χ1v) is 10.1. The molecule has 2 aromatic rings. The summed E-state index contributed by atoms with van der Waals surface area (Å²) in [5.41, 5.74) is 0. The lowest BCUT2D eigenvalue weighted by atomic mass is 10.0. The molecule has 7 nitrogen and oxygen atoms in total. The molecule has 26 heavy (non-hydrogen) atoms. The second kappa shape index (κ2) is 7.34. The second-order valence-electron chi connectivity index (χ2n) is 7.23. The number of hydrogen-bond donors (Lipinski definition) is 0. The standard InChI is InChI=1S/C18H24N4O3S/c1-12-5-3-7-21(10-12)17-19-20-18(22(17)11-14-6-4-8-24-14)26-15-9-13(2)25-16(15)23/h4,6,8,12-13,15H,3,5,7,9-11H2,1-2H3. The number of esters is 1. The van der Waals surface area contributed by atoms with E-state index in [2.05, 4.69) is 26.6 Å². The van der Waals surface area contributed by atoms with Crippen LogP contribution in [0, 0.1) is 5.92 Å². The average molecular weight is 376 g/mol. The molecule has 0 aliphatic carbocycles. The summed E-state index contributed by atoms with van der Waals surface area (Å²) in [4.78, 5) is 14.3. The zero-order valence-electron chi connectivity index (χ0n) is 15.1. The van der Waals surface area contributed by atoms with Gasteiger partial charge in [0.15, 0.2) is 5.16 Å². The number of aromatic nitrogens is 3. The quantitative estimate of drug-likeness (QED) is 0.743. The minimum Gasteiger partial charge on any atom is -0.467 e. The van der Waals surface area contributed by atoms with Crippen LogP contribution in [-0.4, -0.2) is 45.2 Å². The zero-order chi connectivity index (χ0) is 18.1. The van der Waals surface area contributed by atoms with Crippen molar-refractivity contribution in [2.75, 3.05) is 18.0 Å². The van der Waals surface area contributed by atoms with Crippen LogP contribution in [0.2, 0.25) is 0 Å². The highest BCUT2D eigenvalue weighted by atomic mass is 32.2. The Morgan fingerprint density at radius 2 is 2.23 bits per heavy atom. The molecule has 4 rings (SSSR count). The SMILES string of the molecule is CC1CCCN(c2nnc(SC3CC(C)OC3=O)n2Cc2ccco2)C1. The molecule has 0 radical (unpaired) electrons. The van der Waals surface area contributed by atoms with E-state index in [1.54, 1.807) is 6.26 Å². The van der Waals surface area contributed by atoms with E-state index in [0.717, 1.165) is 36.4 Å². The normalized spacial score (nSPS) is 26.3. The molecule has 0 saturated carbocycles. The number of hydrogen-bond acceptors (Lipinski definition) is 7. The van der Waals surface area contributed by atoms with Crippen LogP contribution in [0.25, 0.3) is 0 Å². The van der Waals surface area contributed by atoms with Crippen LogP contribution in [-0.2, 0) is 16.1 Å². The smallest absolute Gasteiger partial charge is 0.319 e. The Labute approximate surface area is 157 Å². The lowest BCUT2D eigenvalue weighted by molar-refractivity contribution is -0.140. The summed E-state index contributed by atoms with van der Waals surface area (Å²) in [7, 11) is 0. The lowest BCUT2D eigenvalue weighted by Gasteiger charge is -2.31. The Kier molecular flexibility index (Phi) is 4.93. The molecule has 2 aromatic heterocycles. The fraction of sp³-hybridized carbons (Fsp3) is 0.611. The van der Waals surface area contributed by atoms with Crippen molar-refractivity contribution in [2.24, 2.45) is 5.92 Å². The zero-order valence-corrected chi connectivity index (χ0v) is 15.9.